The van der Waals surface area contributed by atoms with Gasteiger partial charge in [0.2, 0.25) is 0 Å². The third-order valence-electron chi connectivity index (χ3n) is 6.84. The summed E-state index contributed by atoms with van der Waals surface area (Å²) in [6, 6.07) is 20.7. The Kier molecular flexibility index (Phi) is 7.44. The molecule has 0 bridgehead atoms. The van der Waals surface area contributed by atoms with Gasteiger partial charge in [-0.2, -0.15) is 0 Å². The number of para-hydroxylation sites is 1. The third-order valence-corrected chi connectivity index (χ3v) is 8.36. The Morgan fingerprint density at radius 2 is 1.71 bits per heavy atom. The van der Waals surface area contributed by atoms with Crippen molar-refractivity contribution in [2.45, 2.75) is 25.7 Å². The van der Waals surface area contributed by atoms with E-state index in [0.717, 1.165) is 39.5 Å². The molecule has 0 unspecified atom stereocenters. The van der Waals surface area contributed by atoms with Crippen molar-refractivity contribution in [1.29, 1.82) is 0 Å². The summed E-state index contributed by atoms with van der Waals surface area (Å²) in [4.78, 5) is 32.3. The molecule has 0 spiro atoms. The number of amides is 1. The molecule has 0 aliphatic carbocycles. The second kappa shape index (κ2) is 10.9. The topological polar surface area (TPSA) is 85.6 Å². The second-order valence-corrected chi connectivity index (χ2v) is 10.7. The van der Waals surface area contributed by atoms with Crippen molar-refractivity contribution in [2.24, 2.45) is 0 Å². The minimum absolute atomic E-state index is 0.0498. The van der Waals surface area contributed by atoms with Crippen molar-refractivity contribution < 1.29 is 14.5 Å². The van der Waals surface area contributed by atoms with Gasteiger partial charge in [-0.05, 0) is 49.6 Å². The third kappa shape index (κ3) is 5.14. The molecular formula is C29H26ClN3O4S. The second-order valence-electron chi connectivity index (χ2n) is 9.28. The molecule has 7 nitrogen and oxygen atoms in total. The van der Waals surface area contributed by atoms with E-state index in [-0.39, 0.29) is 28.8 Å². The summed E-state index contributed by atoms with van der Waals surface area (Å²) in [6.45, 7) is 3.05. The first-order chi connectivity index (χ1) is 18.4. The van der Waals surface area contributed by atoms with Crippen LogP contribution in [0, 0.1) is 17.0 Å². The van der Waals surface area contributed by atoms with E-state index in [1.807, 2.05) is 24.3 Å². The maximum atomic E-state index is 13.3. The molecule has 1 aromatic heterocycles. The molecule has 0 radical (unpaired) electrons. The summed E-state index contributed by atoms with van der Waals surface area (Å²) >= 11 is 7.82. The number of nitro groups is 1. The highest BCUT2D eigenvalue weighted by Gasteiger charge is 2.32. The van der Waals surface area contributed by atoms with Crippen LogP contribution < -0.4 is 4.74 Å². The number of halogens is 1. The quantitative estimate of drug-likeness (QED) is 0.186. The minimum atomic E-state index is -0.556. The summed E-state index contributed by atoms with van der Waals surface area (Å²) < 4.78 is 5.13. The Morgan fingerprint density at radius 1 is 1.05 bits per heavy atom. The fourth-order valence-corrected chi connectivity index (χ4v) is 6.15. The number of thiazole rings is 1. The molecule has 1 aliphatic rings. The van der Waals surface area contributed by atoms with Crippen LogP contribution in [0.2, 0.25) is 5.02 Å². The number of benzene rings is 3. The van der Waals surface area contributed by atoms with Crippen LogP contribution in [0.5, 0.6) is 5.75 Å². The van der Waals surface area contributed by atoms with E-state index >= 15 is 0 Å². The van der Waals surface area contributed by atoms with E-state index < -0.39 is 4.92 Å². The van der Waals surface area contributed by atoms with Crippen LogP contribution in [0.15, 0.2) is 66.7 Å². The molecular weight excluding hydrogens is 522 g/mol. The van der Waals surface area contributed by atoms with Crippen LogP contribution in [0.25, 0.3) is 21.7 Å². The standard InChI is InChI=1S/C29H26ClN3O4S/c1-18-6-8-20(9-7-18)27-25(19-10-12-22(30)13-11-19)31-28(38-27)21-14-16-32(17-15-21)29(34)23-4-3-5-24(37-2)26(23)33(35)36/h3-13,21H,14-17H2,1-2H3. The monoisotopic (exact) mass is 547 g/mol. The summed E-state index contributed by atoms with van der Waals surface area (Å²) in [5.41, 5.74) is 4.00. The molecule has 0 N–H and O–H groups in total. The molecule has 1 fully saturated rings. The normalized spacial score (nSPS) is 13.9. The fourth-order valence-electron chi connectivity index (χ4n) is 4.76. The van der Waals surface area contributed by atoms with Gasteiger partial charge in [0.05, 0.1) is 27.6 Å². The Labute approximate surface area is 229 Å². The van der Waals surface area contributed by atoms with Crippen LogP contribution in [-0.4, -0.2) is 40.9 Å². The molecule has 194 valence electrons. The van der Waals surface area contributed by atoms with Crippen LogP contribution >= 0.6 is 22.9 Å². The van der Waals surface area contributed by atoms with Gasteiger partial charge in [-0.25, -0.2) is 4.98 Å². The van der Waals surface area contributed by atoms with Crippen LogP contribution in [-0.2, 0) is 0 Å². The van der Waals surface area contributed by atoms with E-state index in [0.29, 0.717) is 18.1 Å². The zero-order valence-electron chi connectivity index (χ0n) is 21.0. The Hall–Kier alpha value is -3.75. The number of ether oxygens (including phenoxy) is 1. The maximum Gasteiger partial charge on any atom is 0.323 e. The summed E-state index contributed by atoms with van der Waals surface area (Å²) in [6.07, 6.45) is 1.45. The van der Waals surface area contributed by atoms with Gasteiger partial charge in [0, 0.05) is 29.6 Å². The van der Waals surface area contributed by atoms with Crippen molar-refractivity contribution in [3.8, 4) is 27.4 Å². The number of methoxy groups -OCH3 is 1. The first-order valence-corrected chi connectivity index (χ1v) is 13.5. The summed E-state index contributed by atoms with van der Waals surface area (Å²) in [5, 5.41) is 13.4. The highest BCUT2D eigenvalue weighted by molar-refractivity contribution is 7.15. The largest absolute Gasteiger partial charge is 0.490 e. The number of hydrogen-bond acceptors (Lipinski definition) is 6. The number of rotatable bonds is 6. The van der Waals surface area contributed by atoms with Crippen molar-refractivity contribution in [2.75, 3.05) is 20.2 Å². The molecule has 3 aromatic carbocycles. The lowest BCUT2D eigenvalue weighted by Gasteiger charge is -2.31. The van der Waals surface area contributed by atoms with Crippen molar-refractivity contribution in [1.82, 2.24) is 9.88 Å². The first kappa shape index (κ1) is 25.9. The van der Waals surface area contributed by atoms with Gasteiger partial charge >= 0.3 is 5.69 Å². The van der Waals surface area contributed by atoms with E-state index in [9.17, 15) is 14.9 Å². The smallest absolute Gasteiger partial charge is 0.323 e. The molecule has 4 aromatic rings. The zero-order chi connectivity index (χ0) is 26.8. The van der Waals surface area contributed by atoms with Gasteiger partial charge in [-0.3, -0.25) is 14.9 Å². The first-order valence-electron chi connectivity index (χ1n) is 12.3. The predicted octanol–water partition coefficient (Wildman–Crippen LogP) is 7.38. The SMILES string of the molecule is COc1cccc(C(=O)N2CCC(c3nc(-c4ccc(Cl)cc4)c(-c4ccc(C)cc4)s3)CC2)c1[N+](=O)[O-]. The summed E-state index contributed by atoms with van der Waals surface area (Å²) in [7, 11) is 1.36. The average Bonchev–Trinajstić information content (AvgIpc) is 3.38. The lowest BCUT2D eigenvalue weighted by molar-refractivity contribution is -0.386. The molecule has 2 heterocycles. The van der Waals surface area contributed by atoms with Gasteiger partial charge in [-0.1, -0.05) is 59.6 Å². The number of carbonyl (C=O) groups is 1. The number of piperidine rings is 1. The highest BCUT2D eigenvalue weighted by atomic mass is 35.5. The average molecular weight is 548 g/mol. The van der Waals surface area contributed by atoms with Gasteiger partial charge < -0.3 is 9.64 Å². The fraction of sp³-hybridized carbons (Fsp3) is 0.241. The van der Waals surface area contributed by atoms with Crippen LogP contribution in [0.3, 0.4) is 0 Å². The number of aromatic nitrogens is 1. The van der Waals surface area contributed by atoms with Gasteiger partial charge in [0.15, 0.2) is 5.75 Å². The number of nitrogens with zero attached hydrogens (tertiary/aromatic N) is 3. The molecule has 9 heteroatoms. The number of hydrogen-bond donors (Lipinski definition) is 0. The zero-order valence-corrected chi connectivity index (χ0v) is 22.6. The lowest BCUT2D eigenvalue weighted by Crippen LogP contribution is -2.38. The number of carbonyl (C=O) groups excluding carboxylic acids is 1. The maximum absolute atomic E-state index is 13.3. The predicted molar refractivity (Wildman–Crippen MR) is 150 cm³/mol. The molecule has 38 heavy (non-hydrogen) atoms. The van der Waals surface area contributed by atoms with Gasteiger partial charge in [-0.15, -0.1) is 11.3 Å². The Morgan fingerprint density at radius 3 is 2.34 bits per heavy atom. The number of nitro benzene ring substituents is 1. The van der Waals surface area contributed by atoms with E-state index in [4.69, 9.17) is 21.3 Å². The van der Waals surface area contributed by atoms with Crippen molar-refractivity contribution in [3.05, 3.63) is 98.0 Å². The number of likely N-dealkylation sites (tertiary alicyclic amines) is 1. The summed E-state index contributed by atoms with van der Waals surface area (Å²) in [5.74, 6) is -0.0816. The van der Waals surface area contributed by atoms with E-state index in [2.05, 4.69) is 31.2 Å². The van der Waals surface area contributed by atoms with E-state index in [1.165, 1.54) is 24.8 Å². The van der Waals surface area contributed by atoms with E-state index in [1.54, 1.807) is 22.3 Å². The lowest BCUT2D eigenvalue weighted by atomic mass is 9.96. The number of aryl methyl sites for hydroxylation is 1. The molecule has 5 rings (SSSR count). The Bertz CT molecular complexity index is 1410. The van der Waals surface area contributed by atoms with Crippen molar-refractivity contribution >= 4 is 34.5 Å². The highest BCUT2D eigenvalue weighted by Crippen LogP contribution is 2.42. The van der Waals surface area contributed by atoms with Crippen LogP contribution in [0.4, 0.5) is 5.69 Å². The molecule has 0 saturated carbocycles. The van der Waals surface area contributed by atoms with Crippen molar-refractivity contribution in [3.63, 3.8) is 0 Å². The minimum Gasteiger partial charge on any atom is -0.490 e. The molecule has 0 atom stereocenters. The van der Waals surface area contributed by atoms with Crippen LogP contribution in [0.1, 0.15) is 39.7 Å². The Balaban J connectivity index is 1.40. The molecule has 1 amide bonds. The van der Waals surface area contributed by atoms with Gasteiger partial charge in [0.1, 0.15) is 5.56 Å². The van der Waals surface area contributed by atoms with Gasteiger partial charge in [0.25, 0.3) is 5.91 Å². The molecule has 1 saturated heterocycles. The molecule has 1 aliphatic heterocycles.